The molecule has 4 nitrogen and oxygen atoms in total. The topological polar surface area (TPSA) is 61.5 Å². The normalized spacial score (nSPS) is 9.94. The number of rotatable bonds is 4. The largest absolute Gasteiger partial charge is 0.493 e. The molecule has 2 N–H and O–H groups in total. The summed E-state index contributed by atoms with van der Waals surface area (Å²) < 4.78 is 9.99. The van der Waals surface area contributed by atoms with E-state index in [4.69, 9.17) is 26.8 Å². The van der Waals surface area contributed by atoms with Gasteiger partial charge in [-0.15, -0.1) is 0 Å². The van der Waals surface area contributed by atoms with Crippen LogP contribution in [0.1, 0.15) is 23.7 Å². The minimum atomic E-state index is -0.464. The van der Waals surface area contributed by atoms with Gasteiger partial charge in [0.15, 0.2) is 5.75 Å². The molecule has 1 aromatic rings. The van der Waals surface area contributed by atoms with Gasteiger partial charge in [-0.2, -0.15) is 0 Å². The van der Waals surface area contributed by atoms with Crippen molar-refractivity contribution in [2.45, 2.75) is 13.3 Å². The fourth-order valence-corrected chi connectivity index (χ4v) is 1.47. The molecule has 0 aliphatic heterocycles. The molecule has 5 heteroatoms. The van der Waals surface area contributed by atoms with Crippen molar-refractivity contribution in [3.63, 3.8) is 0 Å². The third-order valence-electron chi connectivity index (χ3n) is 2.01. The molecule has 0 bridgehead atoms. The van der Waals surface area contributed by atoms with Gasteiger partial charge in [-0.3, -0.25) is 0 Å². The molecule has 0 radical (unpaired) electrons. The number of benzene rings is 1. The molecule has 1 rings (SSSR count). The fraction of sp³-hybridized carbons (Fsp3) is 0.364. The van der Waals surface area contributed by atoms with E-state index in [1.807, 2.05) is 6.92 Å². The van der Waals surface area contributed by atoms with Gasteiger partial charge in [-0.25, -0.2) is 4.79 Å². The van der Waals surface area contributed by atoms with Gasteiger partial charge in [0.05, 0.1) is 30.0 Å². The van der Waals surface area contributed by atoms with E-state index < -0.39 is 5.97 Å². The highest BCUT2D eigenvalue weighted by molar-refractivity contribution is 6.32. The van der Waals surface area contributed by atoms with E-state index >= 15 is 0 Å². The van der Waals surface area contributed by atoms with E-state index in [1.165, 1.54) is 13.2 Å². The Morgan fingerprint density at radius 2 is 2.19 bits per heavy atom. The Balaban J connectivity index is 3.01. The second kappa shape index (κ2) is 5.61. The number of hydrogen-bond donors (Lipinski definition) is 1. The molecule has 0 unspecified atom stereocenters. The molecule has 0 aliphatic rings. The van der Waals surface area contributed by atoms with Crippen molar-refractivity contribution >= 4 is 23.3 Å². The average molecular weight is 244 g/mol. The number of carbonyl (C=O) groups is 1. The number of anilines is 1. The van der Waals surface area contributed by atoms with Crippen LogP contribution in [-0.2, 0) is 4.74 Å². The van der Waals surface area contributed by atoms with Gasteiger partial charge in [0.1, 0.15) is 0 Å². The molecule has 0 saturated carbocycles. The zero-order valence-electron chi connectivity index (χ0n) is 9.25. The predicted molar refractivity (Wildman–Crippen MR) is 63.0 cm³/mol. The number of carbonyl (C=O) groups excluding carboxylic acids is 1. The van der Waals surface area contributed by atoms with Crippen LogP contribution in [0, 0.1) is 0 Å². The zero-order chi connectivity index (χ0) is 12.1. The first-order valence-electron chi connectivity index (χ1n) is 4.90. The maximum Gasteiger partial charge on any atom is 0.340 e. The maximum absolute atomic E-state index is 11.6. The van der Waals surface area contributed by atoms with E-state index in [2.05, 4.69) is 0 Å². The number of halogens is 1. The van der Waals surface area contributed by atoms with Crippen molar-refractivity contribution in [1.82, 2.24) is 0 Å². The van der Waals surface area contributed by atoms with Crippen molar-refractivity contribution < 1.29 is 14.3 Å². The van der Waals surface area contributed by atoms with Crippen LogP contribution >= 0.6 is 11.6 Å². The number of nitrogens with two attached hydrogens (primary N) is 1. The highest BCUT2D eigenvalue weighted by Gasteiger charge is 2.16. The second-order valence-corrected chi connectivity index (χ2v) is 3.58. The minimum Gasteiger partial charge on any atom is -0.493 e. The van der Waals surface area contributed by atoms with Crippen LogP contribution in [0.5, 0.6) is 5.75 Å². The summed E-state index contributed by atoms with van der Waals surface area (Å²) in [7, 11) is 1.44. The van der Waals surface area contributed by atoms with Crippen molar-refractivity contribution in [3.8, 4) is 5.75 Å². The third-order valence-corrected chi connectivity index (χ3v) is 2.31. The number of methoxy groups -OCH3 is 1. The number of nitrogen functional groups attached to an aromatic ring is 1. The second-order valence-electron chi connectivity index (χ2n) is 3.18. The Kier molecular flexibility index (Phi) is 4.43. The first kappa shape index (κ1) is 12.6. The van der Waals surface area contributed by atoms with Crippen molar-refractivity contribution in [2.75, 3.05) is 19.5 Å². The Bertz CT molecular complexity index is 393. The monoisotopic (exact) mass is 243 g/mol. The van der Waals surface area contributed by atoms with Gasteiger partial charge < -0.3 is 15.2 Å². The lowest BCUT2D eigenvalue weighted by molar-refractivity contribution is 0.0506. The lowest BCUT2D eigenvalue weighted by Crippen LogP contribution is -2.09. The molecule has 0 atom stereocenters. The van der Waals surface area contributed by atoms with Gasteiger partial charge in [0, 0.05) is 0 Å². The summed E-state index contributed by atoms with van der Waals surface area (Å²) in [6, 6.07) is 3.08. The molecule has 0 spiro atoms. The van der Waals surface area contributed by atoms with E-state index in [0.717, 1.165) is 6.42 Å². The van der Waals surface area contributed by atoms with Crippen molar-refractivity contribution in [2.24, 2.45) is 0 Å². The summed E-state index contributed by atoms with van der Waals surface area (Å²) in [6.07, 6.45) is 0.760. The molecule has 0 fully saturated rings. The summed E-state index contributed by atoms with van der Waals surface area (Å²) in [5, 5.41) is 0.368. The maximum atomic E-state index is 11.6. The van der Waals surface area contributed by atoms with E-state index in [0.29, 0.717) is 17.4 Å². The Morgan fingerprint density at radius 3 is 2.75 bits per heavy atom. The van der Waals surface area contributed by atoms with Gasteiger partial charge in [0.2, 0.25) is 0 Å². The molecule has 88 valence electrons. The summed E-state index contributed by atoms with van der Waals surface area (Å²) in [5.41, 5.74) is 6.23. The fourth-order valence-electron chi connectivity index (χ4n) is 1.23. The lowest BCUT2D eigenvalue weighted by Gasteiger charge is -2.10. The molecular formula is C11H14ClNO3. The smallest absolute Gasteiger partial charge is 0.340 e. The third kappa shape index (κ3) is 2.58. The van der Waals surface area contributed by atoms with Crippen LogP contribution in [0.2, 0.25) is 5.02 Å². The Morgan fingerprint density at radius 1 is 1.50 bits per heavy atom. The zero-order valence-corrected chi connectivity index (χ0v) is 10.0. The van der Waals surface area contributed by atoms with Crippen LogP contribution in [0.15, 0.2) is 12.1 Å². The molecular weight excluding hydrogens is 230 g/mol. The predicted octanol–water partition coefficient (Wildman–Crippen LogP) is 2.50. The quantitative estimate of drug-likeness (QED) is 0.652. The van der Waals surface area contributed by atoms with E-state index in [9.17, 15) is 4.79 Å². The summed E-state index contributed by atoms with van der Waals surface area (Å²) in [5.74, 6) is -0.165. The Hall–Kier alpha value is -1.42. The lowest BCUT2D eigenvalue weighted by atomic mass is 10.1. The van der Waals surface area contributed by atoms with Crippen LogP contribution in [0.4, 0.5) is 5.69 Å². The van der Waals surface area contributed by atoms with Gasteiger partial charge in [0.25, 0.3) is 0 Å². The minimum absolute atomic E-state index is 0.205. The Labute approximate surface area is 99.3 Å². The molecule has 1 aromatic carbocycles. The molecule has 0 aromatic heterocycles. The number of hydrogen-bond acceptors (Lipinski definition) is 4. The first-order chi connectivity index (χ1) is 7.61. The van der Waals surface area contributed by atoms with Crippen molar-refractivity contribution in [1.29, 1.82) is 0 Å². The highest BCUT2D eigenvalue weighted by atomic mass is 35.5. The van der Waals surface area contributed by atoms with E-state index in [-0.39, 0.29) is 11.3 Å². The first-order valence-corrected chi connectivity index (χ1v) is 5.28. The highest BCUT2D eigenvalue weighted by Crippen LogP contribution is 2.33. The molecule has 0 amide bonds. The summed E-state index contributed by atoms with van der Waals surface area (Å²) in [6.45, 7) is 2.28. The number of ether oxygens (including phenoxy) is 2. The van der Waals surface area contributed by atoms with Crippen LogP contribution in [-0.4, -0.2) is 19.7 Å². The molecule has 0 aliphatic carbocycles. The molecule has 0 heterocycles. The summed E-state index contributed by atoms with van der Waals surface area (Å²) >= 11 is 5.85. The number of esters is 1. The van der Waals surface area contributed by atoms with Gasteiger partial charge in [-0.1, -0.05) is 18.5 Å². The van der Waals surface area contributed by atoms with Crippen molar-refractivity contribution in [3.05, 3.63) is 22.7 Å². The SMILES string of the molecule is CCCOC(=O)c1ccc(Cl)c(OC)c1N. The standard InChI is InChI=1S/C11H14ClNO3/c1-3-6-16-11(14)7-4-5-8(12)10(15-2)9(7)13/h4-5H,3,6,13H2,1-2H3. The molecule has 16 heavy (non-hydrogen) atoms. The van der Waals surface area contributed by atoms with Crippen LogP contribution in [0.3, 0.4) is 0 Å². The molecule has 0 saturated heterocycles. The van der Waals surface area contributed by atoms with Gasteiger partial charge in [-0.05, 0) is 18.6 Å². The van der Waals surface area contributed by atoms with Crippen LogP contribution in [0.25, 0.3) is 0 Å². The summed E-state index contributed by atoms with van der Waals surface area (Å²) in [4.78, 5) is 11.6. The van der Waals surface area contributed by atoms with Crippen LogP contribution < -0.4 is 10.5 Å². The average Bonchev–Trinajstić information content (AvgIpc) is 2.26. The van der Waals surface area contributed by atoms with Gasteiger partial charge >= 0.3 is 5.97 Å². The van der Waals surface area contributed by atoms with E-state index in [1.54, 1.807) is 6.07 Å².